The van der Waals surface area contributed by atoms with Gasteiger partial charge in [0.25, 0.3) is 0 Å². The van der Waals surface area contributed by atoms with Crippen molar-refractivity contribution in [3.8, 4) is 5.69 Å². The maximum atomic E-state index is 13.0. The van der Waals surface area contributed by atoms with Gasteiger partial charge in [-0.2, -0.15) is 18.2 Å². The quantitative estimate of drug-likeness (QED) is 0.167. The molecule has 1 heterocycles. The number of alkyl halides is 3. The minimum Gasteiger partial charge on any atom is -0.399 e. The van der Waals surface area contributed by atoms with Crippen molar-refractivity contribution in [2.24, 2.45) is 0 Å². The predicted octanol–water partition coefficient (Wildman–Crippen LogP) is 6.73. The van der Waals surface area contributed by atoms with Gasteiger partial charge in [0.1, 0.15) is 0 Å². The van der Waals surface area contributed by atoms with E-state index >= 15 is 0 Å². The first-order valence-electron chi connectivity index (χ1n) is 9.27. The molecule has 0 bridgehead atoms. The highest BCUT2D eigenvalue weighted by molar-refractivity contribution is 6.31. The second-order valence-electron chi connectivity index (χ2n) is 6.95. The van der Waals surface area contributed by atoms with Crippen molar-refractivity contribution in [1.82, 2.24) is 4.57 Å². The fourth-order valence-corrected chi connectivity index (χ4v) is 3.48. The van der Waals surface area contributed by atoms with Gasteiger partial charge in [-0.15, -0.1) is 12.4 Å². The predicted molar refractivity (Wildman–Crippen MR) is 125 cm³/mol. The van der Waals surface area contributed by atoms with Crippen LogP contribution < -0.4 is 16.1 Å². The van der Waals surface area contributed by atoms with Crippen LogP contribution in [0.25, 0.3) is 16.6 Å². The molecule has 3 aromatic carbocycles. The minimum atomic E-state index is -4.68. The minimum absolute atomic E-state index is 0. The number of benzene rings is 3. The molecule has 0 aliphatic carbocycles. The monoisotopic (exact) mass is 496 g/mol. The van der Waals surface area contributed by atoms with Crippen LogP contribution in [0.4, 0.5) is 35.0 Å². The zero-order valence-corrected chi connectivity index (χ0v) is 18.2. The van der Waals surface area contributed by atoms with Crippen molar-refractivity contribution in [2.75, 3.05) is 16.1 Å². The molecule has 0 spiro atoms. The van der Waals surface area contributed by atoms with Gasteiger partial charge in [0.2, 0.25) is 0 Å². The molecule has 0 fully saturated rings. The van der Waals surface area contributed by atoms with Gasteiger partial charge < -0.3 is 15.6 Å². The highest BCUT2D eigenvalue weighted by Crippen LogP contribution is 2.36. The van der Waals surface area contributed by atoms with Crippen molar-refractivity contribution in [2.45, 2.75) is 6.18 Å². The van der Waals surface area contributed by atoms with E-state index in [-0.39, 0.29) is 23.8 Å². The third-order valence-electron chi connectivity index (χ3n) is 4.80. The highest BCUT2D eigenvalue weighted by atomic mass is 35.5. The van der Waals surface area contributed by atoms with Gasteiger partial charge in [-0.05, 0) is 66.7 Å². The number of nitrogens with one attached hydrogen (secondary N) is 1. The Morgan fingerprint density at radius 2 is 1.73 bits per heavy atom. The summed E-state index contributed by atoms with van der Waals surface area (Å²) in [6.07, 6.45) is -2.82. The Labute approximate surface area is 197 Å². The number of urea groups is 1. The fourth-order valence-electron chi connectivity index (χ4n) is 3.25. The number of nitrogens with zero attached hydrogens (tertiary/aromatic N) is 2. The normalized spacial score (nSPS) is 11.2. The van der Waals surface area contributed by atoms with Gasteiger partial charge >= 0.3 is 12.2 Å². The Kier molecular flexibility index (Phi) is 6.78. The molecule has 0 unspecified atom stereocenters. The summed E-state index contributed by atoms with van der Waals surface area (Å²) in [4.78, 5) is 12.3. The molecule has 4 rings (SSSR count). The molecule has 0 atom stereocenters. The fraction of sp³-hybridized carbons (Fsp3) is 0.0455. The van der Waals surface area contributed by atoms with Crippen LogP contribution in [0.15, 0.2) is 72.9 Å². The van der Waals surface area contributed by atoms with Crippen LogP contribution in [0.1, 0.15) is 5.56 Å². The molecule has 4 aromatic rings. The van der Waals surface area contributed by atoms with Crippen LogP contribution in [0.5, 0.6) is 0 Å². The van der Waals surface area contributed by atoms with E-state index in [2.05, 4.69) is 5.32 Å². The molecule has 33 heavy (non-hydrogen) atoms. The van der Waals surface area contributed by atoms with Crippen molar-refractivity contribution >= 4 is 58.0 Å². The molecule has 0 radical (unpaired) electrons. The molecule has 0 saturated carbocycles. The summed E-state index contributed by atoms with van der Waals surface area (Å²) in [5, 5.41) is 13.2. The maximum Gasteiger partial charge on any atom is 0.417 e. The molecule has 0 aliphatic rings. The summed E-state index contributed by atoms with van der Waals surface area (Å²) >= 11 is 5.58. The number of rotatable bonds is 3. The SMILES string of the molecule is Cl.Nc1ccc2c(ccn2-c2ccc(N(O)C(=O)Nc3ccc(Cl)c(C(F)(F)F)c3)cc2)c1. The summed E-state index contributed by atoms with van der Waals surface area (Å²) in [6, 6.07) is 15.7. The first kappa shape index (κ1) is 24.2. The van der Waals surface area contributed by atoms with Crippen LogP contribution in [0.3, 0.4) is 0 Å². The zero-order valence-electron chi connectivity index (χ0n) is 16.7. The van der Waals surface area contributed by atoms with Crippen molar-refractivity contribution in [1.29, 1.82) is 0 Å². The molecule has 172 valence electrons. The third-order valence-corrected chi connectivity index (χ3v) is 5.13. The van der Waals surface area contributed by atoms with Crippen LogP contribution in [0, 0.1) is 0 Å². The lowest BCUT2D eigenvalue weighted by atomic mass is 10.2. The molecule has 0 aliphatic heterocycles. The van der Waals surface area contributed by atoms with E-state index < -0.39 is 22.8 Å². The van der Waals surface area contributed by atoms with Crippen molar-refractivity contribution in [3.05, 3.63) is 83.5 Å². The van der Waals surface area contributed by atoms with Crippen LogP contribution in [-0.2, 0) is 6.18 Å². The average molecular weight is 497 g/mol. The van der Waals surface area contributed by atoms with Crippen molar-refractivity contribution < 1.29 is 23.2 Å². The number of halogens is 5. The number of aromatic nitrogens is 1. The smallest absolute Gasteiger partial charge is 0.399 e. The summed E-state index contributed by atoms with van der Waals surface area (Å²) in [7, 11) is 0. The number of fused-ring (bicyclic) bond motifs is 1. The van der Waals surface area contributed by atoms with E-state index in [0.29, 0.717) is 16.8 Å². The Bertz CT molecular complexity index is 1310. The van der Waals surface area contributed by atoms with E-state index in [1.165, 1.54) is 18.2 Å². The average Bonchev–Trinajstić information content (AvgIpc) is 3.16. The number of amides is 2. The topological polar surface area (TPSA) is 83.5 Å². The molecule has 11 heteroatoms. The molecule has 4 N–H and O–H groups in total. The third kappa shape index (κ3) is 5.00. The first-order valence-corrected chi connectivity index (χ1v) is 9.65. The highest BCUT2D eigenvalue weighted by Gasteiger charge is 2.33. The number of nitrogen functional groups attached to an aromatic ring is 1. The van der Waals surface area contributed by atoms with E-state index in [9.17, 15) is 23.2 Å². The van der Waals surface area contributed by atoms with Gasteiger partial charge in [0, 0.05) is 28.6 Å². The Balaban J connectivity index is 0.00000306. The second kappa shape index (κ2) is 9.22. The molecule has 6 nitrogen and oxygen atoms in total. The molecule has 1 aromatic heterocycles. The largest absolute Gasteiger partial charge is 0.417 e. The number of carbonyl (C=O) groups is 1. The molecule has 2 amide bonds. The Morgan fingerprint density at radius 1 is 1.03 bits per heavy atom. The lowest BCUT2D eigenvalue weighted by Crippen LogP contribution is -2.31. The van der Waals surface area contributed by atoms with Gasteiger partial charge in [0.05, 0.1) is 21.8 Å². The number of hydrogen-bond acceptors (Lipinski definition) is 3. The molecular formula is C22H17Cl2F3N4O2. The lowest BCUT2D eigenvalue weighted by molar-refractivity contribution is -0.137. The number of nitrogens with two attached hydrogens (primary N) is 1. The van der Waals surface area contributed by atoms with Gasteiger partial charge in [-0.25, -0.2) is 4.79 Å². The van der Waals surface area contributed by atoms with Gasteiger partial charge in [-0.3, -0.25) is 5.21 Å². The van der Waals surface area contributed by atoms with E-state index in [1.54, 1.807) is 18.2 Å². The standard InChI is InChI=1S/C22H16ClF3N4O2.ClH/c23-19-7-2-15(12-18(19)22(24,25)26)28-21(31)30(32)17-5-3-16(4-6-17)29-10-9-13-11-14(27)1-8-20(13)29;/h1-12,32H,27H2,(H,28,31);1H. The number of anilines is 3. The first-order chi connectivity index (χ1) is 15.1. The Hall–Kier alpha value is -3.40. The van der Waals surface area contributed by atoms with Crippen LogP contribution in [0.2, 0.25) is 5.02 Å². The van der Waals surface area contributed by atoms with E-state index in [1.807, 2.05) is 29.0 Å². The number of hydrogen-bond donors (Lipinski definition) is 3. The lowest BCUT2D eigenvalue weighted by Gasteiger charge is -2.17. The second-order valence-corrected chi connectivity index (χ2v) is 7.36. The zero-order chi connectivity index (χ0) is 23.0. The summed E-state index contributed by atoms with van der Waals surface area (Å²) < 4.78 is 40.9. The summed E-state index contributed by atoms with van der Waals surface area (Å²) in [6.45, 7) is 0. The Morgan fingerprint density at radius 3 is 2.39 bits per heavy atom. The van der Waals surface area contributed by atoms with Gasteiger partial charge in [-0.1, -0.05) is 11.6 Å². The van der Waals surface area contributed by atoms with E-state index in [4.69, 9.17) is 17.3 Å². The maximum absolute atomic E-state index is 13.0. The van der Waals surface area contributed by atoms with Crippen LogP contribution >= 0.6 is 24.0 Å². The van der Waals surface area contributed by atoms with E-state index in [0.717, 1.165) is 22.7 Å². The van der Waals surface area contributed by atoms with Gasteiger partial charge in [0.15, 0.2) is 0 Å². The summed E-state index contributed by atoms with van der Waals surface area (Å²) in [5.41, 5.74) is 7.01. The van der Waals surface area contributed by atoms with Crippen LogP contribution in [-0.4, -0.2) is 15.8 Å². The van der Waals surface area contributed by atoms with Crippen molar-refractivity contribution in [3.63, 3.8) is 0 Å². The number of hydroxylamine groups is 1. The summed E-state index contributed by atoms with van der Waals surface area (Å²) in [5.74, 6) is 0. The number of carbonyl (C=O) groups excluding carboxylic acids is 1. The molecular weight excluding hydrogens is 480 g/mol. The molecule has 0 saturated heterocycles.